The molecule has 2 aromatic rings. The Morgan fingerprint density at radius 1 is 1.13 bits per heavy atom. The van der Waals surface area contributed by atoms with Crippen LogP contribution in [0.5, 0.6) is 0 Å². The predicted molar refractivity (Wildman–Crippen MR) is 93.2 cm³/mol. The third-order valence-corrected chi connectivity index (χ3v) is 3.41. The zero-order chi connectivity index (χ0) is 17.0. The van der Waals surface area contributed by atoms with E-state index in [0.717, 1.165) is 22.5 Å². The van der Waals surface area contributed by atoms with Crippen LogP contribution in [0.3, 0.4) is 0 Å². The minimum atomic E-state index is -0.240. The average Bonchev–Trinajstić information content (AvgIpc) is 2.48. The lowest BCUT2D eigenvalue weighted by atomic mass is 10.1. The topological polar surface area (TPSA) is 66.9 Å². The van der Waals surface area contributed by atoms with Gasteiger partial charge < -0.3 is 10.6 Å². The molecule has 0 aliphatic carbocycles. The first-order chi connectivity index (χ1) is 10.9. The maximum atomic E-state index is 12.1. The third kappa shape index (κ3) is 4.16. The summed E-state index contributed by atoms with van der Waals surface area (Å²) in [4.78, 5) is 20.8. The van der Waals surface area contributed by atoms with E-state index in [9.17, 15) is 4.79 Å². The van der Waals surface area contributed by atoms with Crippen molar-refractivity contribution in [2.24, 2.45) is 0 Å². The largest absolute Gasteiger partial charge is 0.347 e. The first-order valence-corrected chi connectivity index (χ1v) is 7.50. The van der Waals surface area contributed by atoms with E-state index >= 15 is 0 Å². The summed E-state index contributed by atoms with van der Waals surface area (Å²) in [5.41, 5.74) is 5.48. The van der Waals surface area contributed by atoms with Gasteiger partial charge in [0.25, 0.3) is 5.91 Å². The van der Waals surface area contributed by atoms with Gasteiger partial charge in [-0.15, -0.1) is 6.58 Å². The highest BCUT2D eigenvalue weighted by Crippen LogP contribution is 2.24. The summed E-state index contributed by atoms with van der Waals surface area (Å²) in [5.74, 6) is 0.180. The van der Waals surface area contributed by atoms with Crippen molar-refractivity contribution in [3.05, 3.63) is 58.9 Å². The molecule has 23 heavy (non-hydrogen) atoms. The molecule has 5 nitrogen and oxygen atoms in total. The fourth-order valence-corrected chi connectivity index (χ4v) is 2.49. The number of nitrogens with zero attached hydrogens (tertiary/aromatic N) is 2. The van der Waals surface area contributed by atoms with Gasteiger partial charge in [0, 0.05) is 17.9 Å². The number of hydrogen-bond donors (Lipinski definition) is 2. The SMILES string of the molecule is C=CCNC(=O)c1cc(C)nc(Nc2c(C)cc(C)cc2C)n1. The van der Waals surface area contributed by atoms with Crippen molar-refractivity contribution in [1.82, 2.24) is 15.3 Å². The van der Waals surface area contributed by atoms with Gasteiger partial charge in [0.05, 0.1) is 0 Å². The molecule has 0 radical (unpaired) electrons. The van der Waals surface area contributed by atoms with Crippen LogP contribution in [-0.4, -0.2) is 22.4 Å². The second-order valence-corrected chi connectivity index (χ2v) is 5.62. The van der Waals surface area contributed by atoms with Gasteiger partial charge >= 0.3 is 0 Å². The molecule has 0 bridgehead atoms. The summed E-state index contributed by atoms with van der Waals surface area (Å²) in [6.45, 7) is 12.0. The number of rotatable bonds is 5. The lowest BCUT2D eigenvalue weighted by molar-refractivity contribution is 0.0953. The Kier molecular flexibility index (Phi) is 5.11. The van der Waals surface area contributed by atoms with Gasteiger partial charge in [-0.2, -0.15) is 0 Å². The van der Waals surface area contributed by atoms with E-state index in [1.165, 1.54) is 5.56 Å². The summed E-state index contributed by atoms with van der Waals surface area (Å²) in [6, 6.07) is 5.87. The van der Waals surface area contributed by atoms with Gasteiger partial charge in [0.2, 0.25) is 5.95 Å². The molecule has 2 rings (SSSR count). The van der Waals surface area contributed by atoms with E-state index < -0.39 is 0 Å². The minimum Gasteiger partial charge on any atom is -0.347 e. The van der Waals surface area contributed by atoms with Gasteiger partial charge in [-0.3, -0.25) is 4.79 Å². The minimum absolute atomic E-state index is 0.240. The standard InChI is InChI=1S/C18H22N4O/c1-6-7-19-17(23)15-10-14(5)20-18(21-15)22-16-12(3)8-11(2)9-13(16)4/h6,8-10H,1,7H2,2-5H3,(H,19,23)(H,20,21,22). The number of aryl methyl sites for hydroxylation is 4. The van der Waals surface area contributed by atoms with Crippen molar-refractivity contribution >= 4 is 17.5 Å². The van der Waals surface area contributed by atoms with E-state index in [1.54, 1.807) is 12.1 Å². The Morgan fingerprint density at radius 3 is 2.39 bits per heavy atom. The van der Waals surface area contributed by atoms with Crippen LogP contribution < -0.4 is 10.6 Å². The molecule has 2 N–H and O–H groups in total. The zero-order valence-corrected chi connectivity index (χ0v) is 14.0. The molecular weight excluding hydrogens is 288 g/mol. The molecule has 0 aliphatic heterocycles. The monoisotopic (exact) mass is 310 g/mol. The van der Waals surface area contributed by atoms with E-state index in [1.807, 2.05) is 20.8 Å². The molecule has 0 saturated heterocycles. The third-order valence-electron chi connectivity index (χ3n) is 3.41. The van der Waals surface area contributed by atoms with Crippen molar-refractivity contribution < 1.29 is 4.79 Å². The van der Waals surface area contributed by atoms with Gasteiger partial charge in [-0.05, 0) is 44.9 Å². The lowest BCUT2D eigenvalue weighted by Gasteiger charge is -2.13. The summed E-state index contributed by atoms with van der Waals surface area (Å²) >= 11 is 0. The second-order valence-electron chi connectivity index (χ2n) is 5.62. The van der Waals surface area contributed by atoms with E-state index in [-0.39, 0.29) is 5.91 Å². The Labute approximate surface area is 136 Å². The fourth-order valence-electron chi connectivity index (χ4n) is 2.49. The molecule has 0 unspecified atom stereocenters. The molecule has 5 heteroatoms. The average molecular weight is 310 g/mol. The summed E-state index contributed by atoms with van der Waals surface area (Å²) in [5, 5.41) is 5.96. The highest BCUT2D eigenvalue weighted by atomic mass is 16.1. The smallest absolute Gasteiger partial charge is 0.270 e. The number of anilines is 2. The van der Waals surface area contributed by atoms with Gasteiger partial charge in [-0.1, -0.05) is 23.8 Å². The molecule has 0 spiro atoms. The molecule has 0 saturated carbocycles. The number of carbonyl (C=O) groups excluding carboxylic acids is 1. The van der Waals surface area contributed by atoms with Gasteiger partial charge in [-0.25, -0.2) is 9.97 Å². The van der Waals surface area contributed by atoms with Crippen molar-refractivity contribution in [2.75, 3.05) is 11.9 Å². The van der Waals surface area contributed by atoms with Crippen LogP contribution in [0.25, 0.3) is 0 Å². The number of carbonyl (C=O) groups is 1. The zero-order valence-electron chi connectivity index (χ0n) is 14.0. The normalized spacial score (nSPS) is 10.3. The Hall–Kier alpha value is -2.69. The highest BCUT2D eigenvalue weighted by Gasteiger charge is 2.11. The molecule has 0 fully saturated rings. The van der Waals surface area contributed by atoms with Crippen LogP contribution in [0, 0.1) is 27.7 Å². The van der Waals surface area contributed by atoms with Crippen LogP contribution >= 0.6 is 0 Å². The Bertz CT molecular complexity index is 730. The summed E-state index contributed by atoms with van der Waals surface area (Å²) in [7, 11) is 0. The van der Waals surface area contributed by atoms with E-state index in [0.29, 0.717) is 18.2 Å². The first kappa shape index (κ1) is 16.7. The predicted octanol–water partition coefficient (Wildman–Crippen LogP) is 3.37. The van der Waals surface area contributed by atoms with E-state index in [2.05, 4.69) is 46.2 Å². The van der Waals surface area contributed by atoms with Crippen molar-refractivity contribution in [2.45, 2.75) is 27.7 Å². The van der Waals surface area contributed by atoms with E-state index in [4.69, 9.17) is 0 Å². The highest BCUT2D eigenvalue weighted by molar-refractivity contribution is 5.92. The molecule has 1 aromatic heterocycles. The molecule has 1 aromatic carbocycles. The number of benzene rings is 1. The quantitative estimate of drug-likeness (QED) is 0.831. The maximum Gasteiger partial charge on any atom is 0.270 e. The number of hydrogen-bond acceptors (Lipinski definition) is 4. The maximum absolute atomic E-state index is 12.1. The van der Waals surface area contributed by atoms with Crippen LogP contribution in [0.2, 0.25) is 0 Å². The molecule has 1 amide bonds. The van der Waals surface area contributed by atoms with Crippen LogP contribution in [0.4, 0.5) is 11.6 Å². The molecular formula is C18H22N4O. The first-order valence-electron chi connectivity index (χ1n) is 7.50. The van der Waals surface area contributed by atoms with Crippen LogP contribution in [0.15, 0.2) is 30.9 Å². The molecule has 0 aliphatic rings. The fraction of sp³-hybridized carbons (Fsp3) is 0.278. The summed E-state index contributed by atoms with van der Waals surface area (Å²) < 4.78 is 0. The second kappa shape index (κ2) is 7.05. The lowest BCUT2D eigenvalue weighted by Crippen LogP contribution is -2.24. The Balaban J connectivity index is 2.32. The Morgan fingerprint density at radius 2 is 1.78 bits per heavy atom. The van der Waals surface area contributed by atoms with Gasteiger partial charge in [0.15, 0.2) is 0 Å². The number of amides is 1. The number of aromatic nitrogens is 2. The summed E-state index contributed by atoms with van der Waals surface area (Å²) in [6.07, 6.45) is 1.63. The van der Waals surface area contributed by atoms with Crippen molar-refractivity contribution in [3.63, 3.8) is 0 Å². The number of nitrogens with one attached hydrogen (secondary N) is 2. The van der Waals surface area contributed by atoms with Crippen molar-refractivity contribution in [3.8, 4) is 0 Å². The van der Waals surface area contributed by atoms with Crippen LogP contribution in [-0.2, 0) is 0 Å². The van der Waals surface area contributed by atoms with Crippen molar-refractivity contribution in [1.29, 1.82) is 0 Å². The molecule has 0 atom stereocenters. The molecule has 120 valence electrons. The van der Waals surface area contributed by atoms with Crippen LogP contribution in [0.1, 0.15) is 32.9 Å². The van der Waals surface area contributed by atoms with Gasteiger partial charge in [0.1, 0.15) is 5.69 Å². The molecule has 1 heterocycles.